The Balaban J connectivity index is 2.16. The summed E-state index contributed by atoms with van der Waals surface area (Å²) in [6.45, 7) is 0.272. The van der Waals surface area contributed by atoms with Crippen LogP contribution in [0.15, 0.2) is 42.5 Å². The van der Waals surface area contributed by atoms with Crippen molar-refractivity contribution in [2.75, 3.05) is 12.8 Å². The number of carbonyl (C=O) groups excluding carboxylic acids is 1. The van der Waals surface area contributed by atoms with Gasteiger partial charge in [0.15, 0.2) is 0 Å². The van der Waals surface area contributed by atoms with Gasteiger partial charge in [0.1, 0.15) is 23.7 Å². The molecule has 2 rings (SSSR count). The highest BCUT2D eigenvalue weighted by molar-refractivity contribution is 5.93. The molecular formula is C15H15NO4. The normalized spacial score (nSPS) is 10.1. The van der Waals surface area contributed by atoms with E-state index in [-0.39, 0.29) is 17.9 Å². The van der Waals surface area contributed by atoms with Gasteiger partial charge in [0.05, 0.1) is 7.11 Å². The Labute approximate surface area is 116 Å². The third-order valence-corrected chi connectivity index (χ3v) is 2.74. The summed E-state index contributed by atoms with van der Waals surface area (Å²) < 4.78 is 10.3. The lowest BCUT2D eigenvalue weighted by Gasteiger charge is -2.11. The van der Waals surface area contributed by atoms with Crippen molar-refractivity contribution in [1.29, 1.82) is 0 Å². The molecule has 2 aromatic carbocycles. The molecule has 0 aromatic heterocycles. The lowest BCUT2D eigenvalue weighted by Crippen LogP contribution is -2.06. The monoisotopic (exact) mass is 273 g/mol. The molecule has 5 nitrogen and oxygen atoms in total. The predicted molar refractivity (Wildman–Crippen MR) is 74.6 cm³/mol. The Bertz CT molecular complexity index is 608. The van der Waals surface area contributed by atoms with Crippen molar-refractivity contribution < 1.29 is 19.4 Å². The summed E-state index contributed by atoms with van der Waals surface area (Å²) >= 11 is 0. The maximum absolute atomic E-state index is 11.7. The van der Waals surface area contributed by atoms with Crippen molar-refractivity contribution in [3.05, 3.63) is 53.6 Å². The van der Waals surface area contributed by atoms with Gasteiger partial charge in [-0.25, -0.2) is 4.79 Å². The van der Waals surface area contributed by atoms with Crippen LogP contribution >= 0.6 is 0 Å². The first-order chi connectivity index (χ1) is 9.60. The largest absolute Gasteiger partial charge is 0.508 e. The van der Waals surface area contributed by atoms with Crippen molar-refractivity contribution in [3.8, 4) is 11.5 Å². The summed E-state index contributed by atoms with van der Waals surface area (Å²) in [5.41, 5.74) is 7.27. The van der Waals surface area contributed by atoms with Crippen LogP contribution in [0.2, 0.25) is 0 Å². The molecule has 0 amide bonds. The number of nitrogens with two attached hydrogens (primary N) is 1. The van der Waals surface area contributed by atoms with Crippen molar-refractivity contribution in [2.45, 2.75) is 6.61 Å². The first-order valence-electron chi connectivity index (χ1n) is 5.98. The van der Waals surface area contributed by atoms with Crippen LogP contribution in [0, 0.1) is 0 Å². The van der Waals surface area contributed by atoms with Gasteiger partial charge in [0.25, 0.3) is 0 Å². The second-order valence-corrected chi connectivity index (χ2v) is 4.20. The minimum atomic E-state index is -0.502. The van der Waals surface area contributed by atoms with Gasteiger partial charge in [-0.1, -0.05) is 12.1 Å². The molecule has 20 heavy (non-hydrogen) atoms. The smallest absolute Gasteiger partial charge is 0.341 e. The Hall–Kier alpha value is -2.69. The molecule has 0 spiro atoms. The van der Waals surface area contributed by atoms with Crippen molar-refractivity contribution in [2.24, 2.45) is 0 Å². The third-order valence-electron chi connectivity index (χ3n) is 2.74. The number of ether oxygens (including phenoxy) is 2. The van der Waals surface area contributed by atoms with Crippen LogP contribution in [-0.2, 0) is 11.3 Å². The molecule has 0 heterocycles. The van der Waals surface area contributed by atoms with E-state index in [1.807, 2.05) is 0 Å². The van der Waals surface area contributed by atoms with E-state index < -0.39 is 5.97 Å². The Morgan fingerprint density at radius 3 is 2.55 bits per heavy atom. The molecule has 0 aliphatic heterocycles. The number of hydrogen-bond acceptors (Lipinski definition) is 5. The number of phenolic OH excluding ortho intramolecular Hbond substituents is 1. The molecule has 0 unspecified atom stereocenters. The fraction of sp³-hybridized carbons (Fsp3) is 0.133. The average Bonchev–Trinajstić information content (AvgIpc) is 2.46. The molecule has 0 saturated heterocycles. The number of anilines is 1. The SMILES string of the molecule is COC(=O)c1cc(N)ccc1OCc1ccc(O)cc1. The maximum atomic E-state index is 11.7. The van der Waals surface area contributed by atoms with Gasteiger partial charge in [-0.2, -0.15) is 0 Å². The number of rotatable bonds is 4. The first-order valence-corrected chi connectivity index (χ1v) is 5.98. The van der Waals surface area contributed by atoms with Gasteiger partial charge in [0, 0.05) is 5.69 Å². The van der Waals surface area contributed by atoms with Crippen LogP contribution in [0.4, 0.5) is 5.69 Å². The van der Waals surface area contributed by atoms with E-state index in [1.54, 1.807) is 36.4 Å². The second kappa shape index (κ2) is 5.97. The molecule has 0 radical (unpaired) electrons. The quantitative estimate of drug-likeness (QED) is 0.660. The molecule has 3 N–H and O–H groups in total. The molecule has 0 bridgehead atoms. The molecule has 0 fully saturated rings. The van der Waals surface area contributed by atoms with E-state index in [0.717, 1.165) is 5.56 Å². The standard InChI is InChI=1S/C15H15NO4/c1-19-15(18)13-8-11(16)4-7-14(13)20-9-10-2-5-12(17)6-3-10/h2-8,17H,9,16H2,1H3. The zero-order valence-corrected chi connectivity index (χ0v) is 11.0. The average molecular weight is 273 g/mol. The Morgan fingerprint density at radius 2 is 1.90 bits per heavy atom. The minimum Gasteiger partial charge on any atom is -0.508 e. The maximum Gasteiger partial charge on any atom is 0.341 e. The molecule has 104 valence electrons. The number of nitrogen functional groups attached to an aromatic ring is 1. The van der Waals surface area contributed by atoms with Gasteiger partial charge >= 0.3 is 5.97 Å². The summed E-state index contributed by atoms with van der Waals surface area (Å²) in [4.78, 5) is 11.7. The van der Waals surface area contributed by atoms with E-state index in [4.69, 9.17) is 15.2 Å². The molecule has 0 saturated carbocycles. The molecule has 0 aliphatic carbocycles. The molecular weight excluding hydrogens is 258 g/mol. The van der Waals surface area contributed by atoms with Crippen molar-refractivity contribution in [3.63, 3.8) is 0 Å². The van der Waals surface area contributed by atoms with Gasteiger partial charge in [-0.05, 0) is 35.9 Å². The van der Waals surface area contributed by atoms with Gasteiger partial charge in [-0.15, -0.1) is 0 Å². The number of methoxy groups -OCH3 is 1. The first kappa shape index (κ1) is 13.7. The summed E-state index contributed by atoms with van der Waals surface area (Å²) in [5.74, 6) is 0.0913. The van der Waals surface area contributed by atoms with E-state index >= 15 is 0 Å². The predicted octanol–water partition coefficient (Wildman–Crippen LogP) is 2.34. The zero-order chi connectivity index (χ0) is 14.5. The number of hydrogen-bond donors (Lipinski definition) is 2. The molecule has 5 heteroatoms. The van der Waals surface area contributed by atoms with Crippen LogP contribution in [0.5, 0.6) is 11.5 Å². The van der Waals surface area contributed by atoms with Crippen LogP contribution < -0.4 is 10.5 Å². The minimum absolute atomic E-state index is 0.191. The number of benzene rings is 2. The summed E-state index contributed by atoms with van der Waals surface area (Å²) in [6.07, 6.45) is 0. The van der Waals surface area contributed by atoms with Crippen LogP contribution in [-0.4, -0.2) is 18.2 Å². The fourth-order valence-electron chi connectivity index (χ4n) is 1.70. The van der Waals surface area contributed by atoms with Crippen molar-refractivity contribution >= 4 is 11.7 Å². The highest BCUT2D eigenvalue weighted by Crippen LogP contribution is 2.23. The number of carbonyl (C=O) groups is 1. The Kier molecular flexibility index (Phi) is 4.10. The lowest BCUT2D eigenvalue weighted by atomic mass is 10.1. The zero-order valence-electron chi connectivity index (χ0n) is 11.0. The molecule has 0 aliphatic rings. The number of aromatic hydroxyl groups is 1. The van der Waals surface area contributed by atoms with E-state index in [1.165, 1.54) is 13.2 Å². The van der Waals surface area contributed by atoms with Crippen molar-refractivity contribution in [1.82, 2.24) is 0 Å². The van der Waals surface area contributed by atoms with E-state index in [0.29, 0.717) is 11.4 Å². The number of esters is 1. The fourth-order valence-corrected chi connectivity index (χ4v) is 1.70. The second-order valence-electron chi connectivity index (χ2n) is 4.20. The highest BCUT2D eigenvalue weighted by atomic mass is 16.5. The Morgan fingerprint density at radius 1 is 1.20 bits per heavy atom. The van der Waals surface area contributed by atoms with E-state index in [9.17, 15) is 9.90 Å². The van der Waals surface area contributed by atoms with Crippen LogP contribution in [0.3, 0.4) is 0 Å². The van der Waals surface area contributed by atoms with Crippen LogP contribution in [0.1, 0.15) is 15.9 Å². The summed E-state index contributed by atoms with van der Waals surface area (Å²) in [6, 6.07) is 11.4. The summed E-state index contributed by atoms with van der Waals surface area (Å²) in [7, 11) is 1.30. The summed E-state index contributed by atoms with van der Waals surface area (Å²) in [5, 5.41) is 9.21. The molecule has 0 atom stereocenters. The van der Waals surface area contributed by atoms with Gasteiger partial charge < -0.3 is 20.3 Å². The lowest BCUT2D eigenvalue weighted by molar-refractivity contribution is 0.0595. The number of phenols is 1. The van der Waals surface area contributed by atoms with Gasteiger partial charge in [-0.3, -0.25) is 0 Å². The van der Waals surface area contributed by atoms with E-state index in [2.05, 4.69) is 0 Å². The third kappa shape index (κ3) is 3.20. The topological polar surface area (TPSA) is 81.8 Å². The molecule has 2 aromatic rings. The highest BCUT2D eigenvalue weighted by Gasteiger charge is 2.13. The van der Waals surface area contributed by atoms with Gasteiger partial charge in [0.2, 0.25) is 0 Å². The van der Waals surface area contributed by atoms with Crippen LogP contribution in [0.25, 0.3) is 0 Å².